The molecule has 1 aromatic carbocycles. The number of hydrogen-bond donors (Lipinski definition) is 3. The van der Waals surface area contributed by atoms with E-state index >= 15 is 0 Å². The minimum atomic E-state index is -3.58. The van der Waals surface area contributed by atoms with Gasteiger partial charge in [0.1, 0.15) is 0 Å². The molecule has 3 rings (SSSR count). The number of hydrogen-bond acceptors (Lipinski definition) is 4. The van der Waals surface area contributed by atoms with Crippen molar-refractivity contribution in [2.24, 2.45) is 11.7 Å². The Morgan fingerprint density at radius 3 is 2.70 bits per heavy atom. The number of nitrogens with one attached hydrogen (secondary N) is 2. The summed E-state index contributed by atoms with van der Waals surface area (Å²) in [7, 11) is -3.58. The molecule has 128 valence electrons. The van der Waals surface area contributed by atoms with Gasteiger partial charge < -0.3 is 11.1 Å². The van der Waals surface area contributed by atoms with Crippen LogP contribution in [-0.4, -0.2) is 26.9 Å². The molecule has 1 saturated carbocycles. The summed E-state index contributed by atoms with van der Waals surface area (Å²) in [6, 6.07) is 4.67. The smallest absolute Gasteiger partial charge is 0.240 e. The molecule has 1 aliphatic heterocycles. The van der Waals surface area contributed by atoms with E-state index < -0.39 is 10.0 Å². The van der Waals surface area contributed by atoms with Gasteiger partial charge in [-0.2, -0.15) is 0 Å². The van der Waals surface area contributed by atoms with Crippen LogP contribution in [0.3, 0.4) is 0 Å². The van der Waals surface area contributed by atoms with Crippen LogP contribution in [0.1, 0.15) is 31.2 Å². The number of nitrogens with two attached hydrogens (primary N) is 1. The summed E-state index contributed by atoms with van der Waals surface area (Å²) in [5.41, 5.74) is 7.24. The Morgan fingerprint density at radius 1 is 1.30 bits per heavy atom. The first-order valence-corrected chi connectivity index (χ1v) is 9.13. The highest BCUT2D eigenvalue weighted by molar-refractivity contribution is 7.89. The fourth-order valence-corrected chi connectivity index (χ4v) is 4.19. The van der Waals surface area contributed by atoms with E-state index in [1.165, 1.54) is 6.07 Å². The van der Waals surface area contributed by atoms with Gasteiger partial charge >= 0.3 is 0 Å². The predicted molar refractivity (Wildman–Crippen MR) is 91.1 cm³/mol. The largest absolute Gasteiger partial charge is 0.329 e. The average molecular weight is 360 g/mol. The molecular formula is C15H22ClN3O3S. The number of carbonyl (C=O) groups is 1. The van der Waals surface area contributed by atoms with Crippen molar-refractivity contribution in [3.8, 4) is 0 Å². The Bertz CT molecular complexity index is 689. The van der Waals surface area contributed by atoms with Crippen LogP contribution in [0.4, 0.5) is 5.69 Å². The number of halogens is 1. The Balaban J connectivity index is 0.00000192. The van der Waals surface area contributed by atoms with Gasteiger partial charge in [0.2, 0.25) is 15.9 Å². The number of rotatable bonds is 5. The van der Waals surface area contributed by atoms with Crippen molar-refractivity contribution in [3.63, 3.8) is 0 Å². The number of fused-ring (bicyclic) bond motifs is 1. The van der Waals surface area contributed by atoms with E-state index in [9.17, 15) is 13.2 Å². The maximum Gasteiger partial charge on any atom is 0.240 e. The summed E-state index contributed by atoms with van der Waals surface area (Å²) >= 11 is 0. The summed E-state index contributed by atoms with van der Waals surface area (Å²) in [5.74, 6) is 0.337. The zero-order valence-corrected chi connectivity index (χ0v) is 14.4. The molecule has 0 radical (unpaired) electrons. The van der Waals surface area contributed by atoms with E-state index in [1.807, 2.05) is 0 Å². The third-order valence-corrected chi connectivity index (χ3v) is 5.75. The summed E-state index contributed by atoms with van der Waals surface area (Å²) in [5, 5.41) is 2.81. The highest BCUT2D eigenvalue weighted by Crippen LogP contribution is 2.33. The van der Waals surface area contributed by atoms with E-state index in [0.717, 1.165) is 24.8 Å². The zero-order chi connectivity index (χ0) is 15.7. The van der Waals surface area contributed by atoms with E-state index in [0.29, 0.717) is 31.0 Å². The number of anilines is 1. The van der Waals surface area contributed by atoms with Crippen LogP contribution < -0.4 is 15.8 Å². The van der Waals surface area contributed by atoms with Crippen molar-refractivity contribution >= 4 is 34.0 Å². The van der Waals surface area contributed by atoms with Crippen molar-refractivity contribution in [1.29, 1.82) is 0 Å². The van der Waals surface area contributed by atoms with Gasteiger partial charge in [0.15, 0.2) is 0 Å². The summed E-state index contributed by atoms with van der Waals surface area (Å²) in [6.45, 7) is 0.310. The Labute approximate surface area is 142 Å². The number of amides is 1. The van der Waals surface area contributed by atoms with Crippen molar-refractivity contribution in [2.75, 3.05) is 11.9 Å². The van der Waals surface area contributed by atoms with Crippen LogP contribution >= 0.6 is 12.4 Å². The second-order valence-electron chi connectivity index (χ2n) is 6.02. The maximum atomic E-state index is 12.5. The van der Waals surface area contributed by atoms with Gasteiger partial charge in [-0.25, -0.2) is 13.1 Å². The van der Waals surface area contributed by atoms with E-state index in [2.05, 4.69) is 10.0 Å². The molecule has 8 heteroatoms. The fraction of sp³-hybridized carbons (Fsp3) is 0.533. The average Bonchev–Trinajstić information content (AvgIpc) is 3.31. The van der Waals surface area contributed by atoms with E-state index in [-0.39, 0.29) is 29.3 Å². The molecule has 1 atom stereocenters. The van der Waals surface area contributed by atoms with Gasteiger partial charge in [0, 0.05) is 24.7 Å². The second-order valence-corrected chi connectivity index (χ2v) is 7.74. The van der Waals surface area contributed by atoms with Gasteiger partial charge in [0.25, 0.3) is 0 Å². The van der Waals surface area contributed by atoms with Gasteiger partial charge in [-0.05, 0) is 55.4 Å². The third-order valence-electron chi connectivity index (χ3n) is 4.26. The quantitative estimate of drug-likeness (QED) is 0.739. The number of benzene rings is 1. The molecule has 1 amide bonds. The number of aryl methyl sites for hydroxylation is 1. The van der Waals surface area contributed by atoms with Crippen LogP contribution in [0.15, 0.2) is 23.1 Å². The van der Waals surface area contributed by atoms with Crippen molar-refractivity contribution in [1.82, 2.24) is 4.72 Å². The summed E-state index contributed by atoms with van der Waals surface area (Å²) < 4.78 is 27.7. The minimum Gasteiger partial charge on any atom is -0.329 e. The monoisotopic (exact) mass is 359 g/mol. The number of carbonyl (C=O) groups excluding carboxylic acids is 1. The lowest BCUT2D eigenvalue weighted by molar-refractivity contribution is -0.116. The Kier molecular flexibility index (Phi) is 5.67. The van der Waals surface area contributed by atoms with Gasteiger partial charge in [0.05, 0.1) is 4.90 Å². The normalized spacial score (nSPS) is 19.1. The molecule has 6 nitrogen and oxygen atoms in total. The molecule has 1 aromatic rings. The lowest BCUT2D eigenvalue weighted by Gasteiger charge is -2.17. The second kappa shape index (κ2) is 7.17. The van der Waals surface area contributed by atoms with Gasteiger partial charge in [-0.3, -0.25) is 4.79 Å². The molecular weight excluding hydrogens is 338 g/mol. The van der Waals surface area contributed by atoms with Crippen LogP contribution in [0, 0.1) is 5.92 Å². The molecule has 0 saturated heterocycles. The SMILES string of the molecule is Cl.NCC(NS(=O)(=O)c1ccc2c(c1)CCCC(=O)N2)C1CC1. The van der Waals surface area contributed by atoms with Crippen LogP contribution in [0.5, 0.6) is 0 Å². The molecule has 1 aliphatic carbocycles. The molecule has 1 fully saturated rings. The Hall–Kier alpha value is -1.15. The Morgan fingerprint density at radius 2 is 2.04 bits per heavy atom. The fourth-order valence-electron chi connectivity index (χ4n) is 2.82. The highest BCUT2D eigenvalue weighted by Gasteiger charge is 2.33. The first-order valence-electron chi connectivity index (χ1n) is 7.65. The molecule has 0 bridgehead atoms. The predicted octanol–water partition coefficient (Wildman–Crippen LogP) is 1.40. The molecule has 1 heterocycles. The standard InChI is InChI=1S/C15H21N3O3S.ClH/c16-9-14(10-4-5-10)18-22(20,21)12-6-7-13-11(8-12)2-1-3-15(19)17-13;/h6-8,10,14,18H,1-5,9,16H2,(H,17,19);1H. The first-order chi connectivity index (χ1) is 10.5. The lowest BCUT2D eigenvalue weighted by Crippen LogP contribution is -2.41. The summed E-state index contributed by atoms with van der Waals surface area (Å²) in [6.07, 6.45) is 3.94. The van der Waals surface area contributed by atoms with Crippen LogP contribution in [-0.2, 0) is 21.2 Å². The first kappa shape index (κ1) is 18.2. The maximum absolute atomic E-state index is 12.5. The molecule has 0 aromatic heterocycles. The van der Waals surface area contributed by atoms with Gasteiger partial charge in [-0.15, -0.1) is 12.4 Å². The van der Waals surface area contributed by atoms with E-state index in [1.54, 1.807) is 12.1 Å². The van der Waals surface area contributed by atoms with Gasteiger partial charge in [-0.1, -0.05) is 0 Å². The topological polar surface area (TPSA) is 101 Å². The van der Waals surface area contributed by atoms with Crippen molar-refractivity contribution in [2.45, 2.75) is 43.0 Å². The van der Waals surface area contributed by atoms with Crippen LogP contribution in [0.2, 0.25) is 0 Å². The minimum absolute atomic E-state index is 0. The molecule has 1 unspecified atom stereocenters. The van der Waals surface area contributed by atoms with Crippen molar-refractivity contribution < 1.29 is 13.2 Å². The molecule has 23 heavy (non-hydrogen) atoms. The summed E-state index contributed by atoms with van der Waals surface area (Å²) in [4.78, 5) is 11.8. The van der Waals surface area contributed by atoms with Crippen molar-refractivity contribution in [3.05, 3.63) is 23.8 Å². The molecule has 4 N–H and O–H groups in total. The zero-order valence-electron chi connectivity index (χ0n) is 12.7. The molecule has 2 aliphatic rings. The molecule has 0 spiro atoms. The van der Waals surface area contributed by atoms with E-state index in [4.69, 9.17) is 5.73 Å². The third kappa shape index (κ3) is 4.23. The number of sulfonamides is 1. The highest BCUT2D eigenvalue weighted by atomic mass is 35.5. The van der Waals surface area contributed by atoms with Crippen LogP contribution in [0.25, 0.3) is 0 Å². The lowest BCUT2D eigenvalue weighted by atomic mass is 10.1.